The molecule has 3 rings (SSSR count). The second-order valence-electron chi connectivity index (χ2n) is 6.01. The van der Waals surface area contributed by atoms with Gasteiger partial charge in [0.25, 0.3) is 0 Å². The smallest absolute Gasteiger partial charge is 0.322 e. The second-order valence-corrected chi connectivity index (χ2v) is 9.37. The van der Waals surface area contributed by atoms with Crippen LogP contribution in [0.5, 0.6) is 0 Å². The summed E-state index contributed by atoms with van der Waals surface area (Å²) in [6.45, 7) is 2.09. The Hall–Kier alpha value is -2.65. The molecule has 1 heterocycles. The lowest BCUT2D eigenvalue weighted by Gasteiger charge is -2.03. The van der Waals surface area contributed by atoms with Crippen molar-refractivity contribution >= 4 is 33.5 Å². The molecular weight excluding hydrogens is 398 g/mol. The number of carbonyl (C=O) groups excluding carboxylic acids is 1. The predicted molar refractivity (Wildman–Crippen MR) is 108 cm³/mol. The average molecular weight is 418 g/mol. The molecule has 0 bridgehead atoms. The maximum absolute atomic E-state index is 12.2. The zero-order valence-electron chi connectivity index (χ0n) is 15.4. The quantitative estimate of drug-likeness (QED) is 0.588. The molecule has 0 saturated heterocycles. The van der Waals surface area contributed by atoms with E-state index in [9.17, 15) is 13.2 Å². The molecule has 0 atom stereocenters. The van der Waals surface area contributed by atoms with Crippen LogP contribution >= 0.6 is 11.8 Å². The summed E-state index contributed by atoms with van der Waals surface area (Å²) in [7, 11) is -3.35. The second kappa shape index (κ2) is 8.57. The normalized spacial score (nSPS) is 11.4. The average Bonchev–Trinajstić information content (AvgIpc) is 3.11. The maximum Gasteiger partial charge on any atom is 0.322 e. The molecule has 7 nitrogen and oxygen atoms in total. The van der Waals surface area contributed by atoms with Crippen LogP contribution in [-0.4, -0.2) is 36.5 Å². The van der Waals surface area contributed by atoms with Crippen molar-refractivity contribution in [2.75, 3.05) is 17.3 Å². The number of benzene rings is 2. The molecular formula is C19H19N3O4S2. The van der Waals surface area contributed by atoms with E-state index in [-0.39, 0.29) is 29.1 Å². The molecule has 0 radical (unpaired) electrons. The number of carbonyl (C=O) groups is 1. The number of anilines is 1. The van der Waals surface area contributed by atoms with Gasteiger partial charge >= 0.3 is 6.01 Å². The number of nitrogens with one attached hydrogen (secondary N) is 1. The van der Waals surface area contributed by atoms with Gasteiger partial charge in [-0.2, -0.15) is 0 Å². The number of thioether (sulfide) groups is 1. The van der Waals surface area contributed by atoms with Crippen molar-refractivity contribution in [1.29, 1.82) is 0 Å². The highest BCUT2D eigenvalue weighted by Crippen LogP contribution is 2.23. The van der Waals surface area contributed by atoms with Crippen molar-refractivity contribution < 1.29 is 17.6 Å². The first kappa shape index (κ1) is 20.1. The Labute approximate surface area is 167 Å². The molecule has 28 heavy (non-hydrogen) atoms. The highest BCUT2D eigenvalue weighted by Gasteiger charge is 2.14. The van der Waals surface area contributed by atoms with Crippen LogP contribution in [0.2, 0.25) is 0 Å². The van der Waals surface area contributed by atoms with Crippen LogP contribution in [0.4, 0.5) is 6.01 Å². The first-order valence-corrected chi connectivity index (χ1v) is 11.4. The SMILES string of the molecule is CCSc1ccc(CC(=O)Nc2nnc(-c3cccc(S(C)(=O)=O)c3)o2)cc1. The number of hydrogen-bond acceptors (Lipinski definition) is 7. The molecule has 1 amide bonds. The lowest BCUT2D eigenvalue weighted by molar-refractivity contribution is -0.115. The van der Waals surface area contributed by atoms with E-state index in [0.717, 1.165) is 22.5 Å². The predicted octanol–water partition coefficient (Wildman–Crippen LogP) is 3.43. The summed E-state index contributed by atoms with van der Waals surface area (Å²) in [6.07, 6.45) is 1.30. The van der Waals surface area contributed by atoms with Gasteiger partial charge in [0, 0.05) is 16.7 Å². The van der Waals surface area contributed by atoms with E-state index in [1.54, 1.807) is 23.9 Å². The van der Waals surface area contributed by atoms with Crippen LogP contribution in [0.3, 0.4) is 0 Å². The summed E-state index contributed by atoms with van der Waals surface area (Å²) in [5.41, 5.74) is 1.33. The minimum atomic E-state index is -3.35. The summed E-state index contributed by atoms with van der Waals surface area (Å²) in [5, 5.41) is 10.2. The number of hydrogen-bond donors (Lipinski definition) is 1. The molecule has 146 valence electrons. The molecule has 2 aromatic carbocycles. The highest BCUT2D eigenvalue weighted by molar-refractivity contribution is 7.99. The van der Waals surface area contributed by atoms with Gasteiger partial charge in [-0.1, -0.05) is 30.2 Å². The van der Waals surface area contributed by atoms with Gasteiger partial charge in [0.1, 0.15) is 0 Å². The zero-order chi connectivity index (χ0) is 20.1. The van der Waals surface area contributed by atoms with Crippen molar-refractivity contribution in [3.63, 3.8) is 0 Å². The van der Waals surface area contributed by atoms with Gasteiger partial charge in [-0.05, 0) is 41.6 Å². The lowest BCUT2D eigenvalue weighted by Crippen LogP contribution is -2.14. The number of nitrogens with zero attached hydrogens (tertiary/aromatic N) is 2. The Balaban J connectivity index is 1.66. The Bertz CT molecular complexity index is 1080. The first-order chi connectivity index (χ1) is 13.3. The standard InChI is InChI=1S/C19H19N3O4S2/c1-3-27-15-9-7-13(8-10-15)11-17(23)20-19-22-21-18(26-19)14-5-4-6-16(12-14)28(2,24)25/h4-10,12H,3,11H2,1-2H3,(H,20,22,23). The summed E-state index contributed by atoms with van der Waals surface area (Å²) in [5.74, 6) is 0.838. The number of rotatable bonds is 7. The van der Waals surface area contributed by atoms with Gasteiger partial charge in [-0.25, -0.2) is 8.42 Å². The Morgan fingerprint density at radius 2 is 1.89 bits per heavy atom. The van der Waals surface area contributed by atoms with Crippen LogP contribution in [0.15, 0.2) is 62.7 Å². The van der Waals surface area contributed by atoms with Gasteiger partial charge in [0.15, 0.2) is 9.84 Å². The molecule has 1 N–H and O–H groups in total. The third kappa shape index (κ3) is 5.20. The number of amides is 1. The van der Waals surface area contributed by atoms with Crippen molar-refractivity contribution in [2.45, 2.75) is 23.1 Å². The van der Waals surface area contributed by atoms with Crippen LogP contribution in [-0.2, 0) is 21.1 Å². The van der Waals surface area contributed by atoms with E-state index in [1.165, 1.54) is 12.1 Å². The fourth-order valence-corrected chi connectivity index (χ4v) is 3.80. The van der Waals surface area contributed by atoms with E-state index < -0.39 is 9.84 Å². The first-order valence-electron chi connectivity index (χ1n) is 8.51. The minimum absolute atomic E-state index is 0.0390. The van der Waals surface area contributed by atoms with E-state index in [2.05, 4.69) is 22.4 Å². The molecule has 0 fully saturated rings. The van der Waals surface area contributed by atoms with Gasteiger partial charge in [-0.15, -0.1) is 16.9 Å². The molecule has 9 heteroatoms. The van der Waals surface area contributed by atoms with Crippen LogP contribution < -0.4 is 5.32 Å². The summed E-state index contributed by atoms with van der Waals surface area (Å²) in [4.78, 5) is 13.5. The van der Waals surface area contributed by atoms with Crippen molar-refractivity contribution in [3.05, 3.63) is 54.1 Å². The van der Waals surface area contributed by atoms with E-state index in [4.69, 9.17) is 4.42 Å². The Morgan fingerprint density at radius 3 is 2.57 bits per heavy atom. The zero-order valence-corrected chi connectivity index (χ0v) is 17.0. The summed E-state index contributed by atoms with van der Waals surface area (Å²) < 4.78 is 28.8. The molecule has 0 unspecified atom stereocenters. The van der Waals surface area contributed by atoms with Gasteiger partial charge in [0.2, 0.25) is 11.8 Å². The fourth-order valence-electron chi connectivity index (χ4n) is 2.47. The number of aromatic nitrogens is 2. The Kier molecular flexibility index (Phi) is 6.15. The minimum Gasteiger partial charge on any atom is -0.403 e. The fraction of sp³-hybridized carbons (Fsp3) is 0.211. The Morgan fingerprint density at radius 1 is 1.14 bits per heavy atom. The molecule has 1 aromatic heterocycles. The van der Waals surface area contributed by atoms with E-state index in [1.807, 2.05) is 24.3 Å². The lowest BCUT2D eigenvalue weighted by atomic mass is 10.1. The summed E-state index contributed by atoms with van der Waals surface area (Å²) in [6, 6.07) is 13.9. The van der Waals surface area contributed by atoms with Crippen LogP contribution in [0, 0.1) is 0 Å². The van der Waals surface area contributed by atoms with Gasteiger partial charge < -0.3 is 4.42 Å². The molecule has 0 spiro atoms. The van der Waals surface area contributed by atoms with Crippen LogP contribution in [0.25, 0.3) is 11.5 Å². The third-order valence-corrected chi connectivity index (χ3v) is 5.78. The monoisotopic (exact) mass is 417 g/mol. The van der Waals surface area contributed by atoms with Crippen molar-refractivity contribution in [3.8, 4) is 11.5 Å². The van der Waals surface area contributed by atoms with E-state index >= 15 is 0 Å². The van der Waals surface area contributed by atoms with Crippen LogP contribution in [0.1, 0.15) is 12.5 Å². The molecule has 0 aliphatic carbocycles. The molecule has 0 aliphatic rings. The van der Waals surface area contributed by atoms with Gasteiger partial charge in [0.05, 0.1) is 11.3 Å². The largest absolute Gasteiger partial charge is 0.403 e. The van der Waals surface area contributed by atoms with E-state index in [0.29, 0.717) is 5.56 Å². The van der Waals surface area contributed by atoms with Gasteiger partial charge in [-0.3, -0.25) is 10.1 Å². The maximum atomic E-state index is 12.2. The highest BCUT2D eigenvalue weighted by atomic mass is 32.2. The molecule has 0 aliphatic heterocycles. The topological polar surface area (TPSA) is 102 Å². The third-order valence-electron chi connectivity index (χ3n) is 3.78. The van der Waals surface area contributed by atoms with Crippen molar-refractivity contribution in [2.24, 2.45) is 0 Å². The summed E-state index contributed by atoms with van der Waals surface area (Å²) >= 11 is 1.74. The molecule has 0 saturated carbocycles. The van der Waals surface area contributed by atoms with Crippen molar-refractivity contribution in [1.82, 2.24) is 10.2 Å². The number of sulfone groups is 1. The molecule has 3 aromatic rings.